The largest absolute Gasteiger partial charge is 0.496 e. The fourth-order valence-corrected chi connectivity index (χ4v) is 5.04. The minimum Gasteiger partial charge on any atom is -0.496 e. The van der Waals surface area contributed by atoms with Crippen molar-refractivity contribution < 1.29 is 19.2 Å². The van der Waals surface area contributed by atoms with Gasteiger partial charge < -0.3 is 10.1 Å². The van der Waals surface area contributed by atoms with Crippen LogP contribution in [0.3, 0.4) is 0 Å². The summed E-state index contributed by atoms with van der Waals surface area (Å²) >= 11 is 13.4. The van der Waals surface area contributed by atoms with Crippen molar-refractivity contribution in [1.29, 1.82) is 0 Å². The molecule has 4 rings (SSSR count). The molecule has 1 saturated heterocycles. The second-order valence-corrected chi connectivity index (χ2v) is 9.90. The second-order valence-electron chi connectivity index (χ2n) is 7.89. The number of nitro groups is 1. The smallest absolute Gasteiger partial charge is 0.296 e. The molecule has 0 radical (unpaired) electrons. The van der Waals surface area contributed by atoms with E-state index in [-0.39, 0.29) is 36.0 Å². The highest BCUT2D eigenvalue weighted by molar-refractivity contribution is 8.15. The molecule has 2 amide bonds. The molecule has 0 aliphatic carbocycles. The van der Waals surface area contributed by atoms with Crippen molar-refractivity contribution in [2.75, 3.05) is 12.4 Å². The third-order valence-corrected chi connectivity index (χ3v) is 7.20. The molecule has 3 aromatic carbocycles. The molecule has 1 fully saturated rings. The highest BCUT2D eigenvalue weighted by Gasteiger charge is 2.39. The van der Waals surface area contributed by atoms with Gasteiger partial charge >= 0.3 is 0 Å². The molecule has 1 aliphatic heterocycles. The molecule has 1 heterocycles. The lowest BCUT2D eigenvalue weighted by Crippen LogP contribution is -2.33. The first kappa shape index (κ1) is 26.5. The Hall–Kier alpha value is -3.60. The van der Waals surface area contributed by atoms with E-state index in [0.717, 1.165) is 17.3 Å². The first-order valence-electron chi connectivity index (χ1n) is 10.9. The van der Waals surface area contributed by atoms with Crippen molar-refractivity contribution in [2.45, 2.75) is 18.2 Å². The predicted octanol–water partition coefficient (Wildman–Crippen LogP) is 6.07. The summed E-state index contributed by atoms with van der Waals surface area (Å²) in [5.74, 6) is -0.592. The van der Waals surface area contributed by atoms with Crippen LogP contribution >= 0.6 is 35.0 Å². The number of hydrogen-bond donors (Lipinski definition) is 1. The summed E-state index contributed by atoms with van der Waals surface area (Å²) in [5, 5.41) is 14.7. The quantitative estimate of drug-likeness (QED) is 0.265. The Labute approximate surface area is 226 Å². The number of nitro benzene ring substituents is 1. The van der Waals surface area contributed by atoms with Crippen molar-refractivity contribution in [3.63, 3.8) is 0 Å². The average molecular weight is 559 g/mol. The van der Waals surface area contributed by atoms with Gasteiger partial charge in [0.25, 0.3) is 5.69 Å². The van der Waals surface area contributed by atoms with Gasteiger partial charge in [-0.15, -0.1) is 0 Å². The zero-order chi connectivity index (χ0) is 26.5. The van der Waals surface area contributed by atoms with Crippen molar-refractivity contribution in [1.82, 2.24) is 4.90 Å². The third kappa shape index (κ3) is 6.40. The molecule has 0 unspecified atom stereocenters. The van der Waals surface area contributed by atoms with Crippen LogP contribution in [0.15, 0.2) is 71.7 Å². The molecule has 1 atom stereocenters. The number of aliphatic imine (C=N–C) groups is 1. The molecule has 3 aromatic rings. The summed E-state index contributed by atoms with van der Waals surface area (Å²) in [6.07, 6.45) is -0.217. The summed E-state index contributed by atoms with van der Waals surface area (Å²) in [6.45, 7) is 0.167. The Morgan fingerprint density at radius 2 is 1.89 bits per heavy atom. The van der Waals surface area contributed by atoms with Crippen molar-refractivity contribution >= 4 is 69.0 Å². The molecule has 190 valence electrons. The van der Waals surface area contributed by atoms with Crippen LogP contribution in [-0.2, 0) is 16.1 Å². The number of amidine groups is 1. The highest BCUT2D eigenvalue weighted by Crippen LogP contribution is 2.35. The number of nitrogens with zero attached hydrogens (tertiary/aromatic N) is 3. The molecular weight excluding hydrogens is 539 g/mol. The van der Waals surface area contributed by atoms with Gasteiger partial charge in [-0.25, -0.2) is 4.99 Å². The summed E-state index contributed by atoms with van der Waals surface area (Å²) in [7, 11) is 1.39. The standard InChI is InChI=1S/C25H20Cl2N4O5S/c1-36-18-10-11-20(21(12-18)31(34)35)29-23(32)13-22-24(33)30(14-15-4-2-3-5-19(15)27)25(37-22)28-17-8-6-16(26)7-9-17/h2-12,22H,13-14H2,1H3,(H,29,32)/t22-/m1/s1. The minimum atomic E-state index is -0.786. The summed E-state index contributed by atoms with van der Waals surface area (Å²) in [6, 6.07) is 18.1. The number of nitrogens with one attached hydrogen (secondary N) is 1. The second kappa shape index (κ2) is 11.6. The van der Waals surface area contributed by atoms with Crippen LogP contribution in [0, 0.1) is 10.1 Å². The maximum Gasteiger partial charge on any atom is 0.296 e. The SMILES string of the molecule is COc1ccc(NC(=O)C[C@H]2SC(=Nc3ccc(Cl)cc3)N(Cc3ccccc3Cl)C2=O)c([N+](=O)[O-])c1. The van der Waals surface area contributed by atoms with Crippen molar-refractivity contribution in [3.8, 4) is 5.75 Å². The first-order chi connectivity index (χ1) is 17.7. The van der Waals surface area contributed by atoms with E-state index in [4.69, 9.17) is 27.9 Å². The van der Waals surface area contributed by atoms with Gasteiger partial charge in [0.05, 0.1) is 30.3 Å². The monoisotopic (exact) mass is 558 g/mol. The zero-order valence-electron chi connectivity index (χ0n) is 19.4. The van der Waals surface area contributed by atoms with Crippen molar-refractivity contribution in [3.05, 3.63) is 92.5 Å². The van der Waals surface area contributed by atoms with E-state index in [1.807, 2.05) is 12.1 Å². The van der Waals surface area contributed by atoms with Gasteiger partial charge in [0, 0.05) is 16.5 Å². The molecular formula is C25H20Cl2N4O5S. The fourth-order valence-electron chi connectivity index (χ4n) is 3.56. The molecule has 1 aliphatic rings. The van der Waals surface area contributed by atoms with Crippen LogP contribution in [0.5, 0.6) is 5.75 Å². The van der Waals surface area contributed by atoms with Gasteiger partial charge in [-0.3, -0.25) is 24.6 Å². The van der Waals surface area contributed by atoms with E-state index in [9.17, 15) is 19.7 Å². The number of methoxy groups -OCH3 is 1. The summed E-state index contributed by atoms with van der Waals surface area (Å²) in [4.78, 5) is 43.1. The summed E-state index contributed by atoms with van der Waals surface area (Å²) in [5.41, 5.74) is 1.00. The van der Waals surface area contributed by atoms with Gasteiger partial charge in [-0.05, 0) is 48.0 Å². The van der Waals surface area contributed by atoms with Gasteiger partial charge in [0.2, 0.25) is 11.8 Å². The average Bonchev–Trinajstić information content (AvgIpc) is 3.15. The van der Waals surface area contributed by atoms with E-state index in [2.05, 4.69) is 10.3 Å². The number of anilines is 1. The number of hydrogen-bond acceptors (Lipinski definition) is 7. The van der Waals surface area contributed by atoms with Crippen LogP contribution in [0.1, 0.15) is 12.0 Å². The molecule has 0 aromatic heterocycles. The number of carbonyl (C=O) groups is 2. The Bertz CT molecular complexity index is 1380. The number of halogens is 2. The first-order valence-corrected chi connectivity index (χ1v) is 12.6. The van der Waals surface area contributed by atoms with E-state index in [0.29, 0.717) is 20.9 Å². The van der Waals surface area contributed by atoms with Crippen LogP contribution in [0.4, 0.5) is 17.1 Å². The number of thioether (sulfide) groups is 1. The number of ether oxygens (including phenoxy) is 1. The lowest BCUT2D eigenvalue weighted by atomic mass is 10.2. The Morgan fingerprint density at radius 1 is 1.16 bits per heavy atom. The topological polar surface area (TPSA) is 114 Å². The molecule has 0 bridgehead atoms. The lowest BCUT2D eigenvalue weighted by molar-refractivity contribution is -0.384. The number of amides is 2. The lowest BCUT2D eigenvalue weighted by Gasteiger charge is -2.17. The van der Waals surface area contributed by atoms with E-state index < -0.39 is 16.1 Å². The predicted molar refractivity (Wildman–Crippen MR) is 145 cm³/mol. The maximum atomic E-state index is 13.4. The molecule has 37 heavy (non-hydrogen) atoms. The molecule has 0 saturated carbocycles. The maximum absolute atomic E-state index is 13.4. The Kier molecular flexibility index (Phi) is 8.32. The van der Waals surface area contributed by atoms with Gasteiger partial charge in [-0.2, -0.15) is 0 Å². The van der Waals surface area contributed by atoms with Crippen LogP contribution in [0.25, 0.3) is 0 Å². The number of carbonyl (C=O) groups excluding carboxylic acids is 2. The van der Waals surface area contributed by atoms with Crippen LogP contribution in [-0.4, -0.2) is 39.2 Å². The van der Waals surface area contributed by atoms with Gasteiger partial charge in [0.15, 0.2) is 5.17 Å². The van der Waals surface area contributed by atoms with Crippen LogP contribution < -0.4 is 10.1 Å². The molecule has 0 spiro atoms. The van der Waals surface area contributed by atoms with E-state index >= 15 is 0 Å². The fraction of sp³-hybridized carbons (Fsp3) is 0.160. The third-order valence-electron chi connectivity index (χ3n) is 5.40. The van der Waals surface area contributed by atoms with Crippen molar-refractivity contribution in [2.24, 2.45) is 4.99 Å². The minimum absolute atomic E-state index is 0.00854. The molecule has 1 N–H and O–H groups in total. The normalized spacial score (nSPS) is 16.2. The highest BCUT2D eigenvalue weighted by atomic mass is 35.5. The zero-order valence-corrected chi connectivity index (χ0v) is 21.7. The van der Waals surface area contributed by atoms with Gasteiger partial charge in [-0.1, -0.05) is 53.2 Å². The molecule has 9 nitrogen and oxygen atoms in total. The number of benzene rings is 3. The van der Waals surface area contributed by atoms with Gasteiger partial charge in [0.1, 0.15) is 16.7 Å². The Balaban J connectivity index is 1.57. The number of rotatable bonds is 8. The van der Waals surface area contributed by atoms with E-state index in [1.54, 1.807) is 36.4 Å². The summed E-state index contributed by atoms with van der Waals surface area (Å²) < 4.78 is 5.02. The van der Waals surface area contributed by atoms with E-state index in [1.165, 1.54) is 30.2 Å². The molecule has 12 heteroatoms. The Morgan fingerprint density at radius 3 is 2.57 bits per heavy atom. The van der Waals surface area contributed by atoms with Crippen LogP contribution in [0.2, 0.25) is 10.0 Å².